The van der Waals surface area contributed by atoms with E-state index in [0.717, 1.165) is 13.1 Å². The molecule has 0 aliphatic carbocycles. The number of benzene rings is 1. The Morgan fingerprint density at radius 1 is 1.22 bits per heavy atom. The quantitative estimate of drug-likeness (QED) is 0.779. The first-order chi connectivity index (χ1) is 8.50. The van der Waals surface area contributed by atoms with Crippen molar-refractivity contribution in [2.75, 3.05) is 25.0 Å². The van der Waals surface area contributed by atoms with Crippen LogP contribution < -0.4 is 10.2 Å². The van der Waals surface area contributed by atoms with Gasteiger partial charge < -0.3 is 15.3 Å². The first kappa shape index (κ1) is 15.0. The summed E-state index contributed by atoms with van der Waals surface area (Å²) in [6, 6.07) is 8.35. The second-order valence-electron chi connectivity index (χ2n) is 5.38. The molecule has 0 spiro atoms. The molecular weight excluding hydrogens is 224 g/mol. The summed E-state index contributed by atoms with van der Waals surface area (Å²) >= 11 is 0. The van der Waals surface area contributed by atoms with E-state index >= 15 is 0 Å². The summed E-state index contributed by atoms with van der Waals surface area (Å²) in [5, 5.41) is 12.9. The Labute approximate surface area is 111 Å². The van der Waals surface area contributed by atoms with Crippen LogP contribution in [-0.4, -0.2) is 31.3 Å². The molecule has 0 amide bonds. The number of hydrogen-bond acceptors (Lipinski definition) is 3. The summed E-state index contributed by atoms with van der Waals surface area (Å²) < 4.78 is 0. The van der Waals surface area contributed by atoms with Crippen LogP contribution >= 0.6 is 0 Å². The lowest BCUT2D eigenvalue weighted by molar-refractivity contribution is 0.201. The molecule has 0 aromatic heterocycles. The second-order valence-corrected chi connectivity index (χ2v) is 5.38. The Bertz CT molecular complexity index is 350. The van der Waals surface area contributed by atoms with E-state index in [9.17, 15) is 5.11 Å². The fourth-order valence-corrected chi connectivity index (χ4v) is 2.02. The van der Waals surface area contributed by atoms with E-state index < -0.39 is 0 Å². The van der Waals surface area contributed by atoms with E-state index in [-0.39, 0.29) is 6.10 Å². The zero-order valence-electron chi connectivity index (χ0n) is 12.0. The van der Waals surface area contributed by atoms with Gasteiger partial charge in [-0.15, -0.1) is 0 Å². The average Bonchev–Trinajstić information content (AvgIpc) is 2.28. The van der Waals surface area contributed by atoms with Gasteiger partial charge in [-0.25, -0.2) is 0 Å². The first-order valence-electron chi connectivity index (χ1n) is 6.68. The van der Waals surface area contributed by atoms with Gasteiger partial charge in [0.05, 0.1) is 6.10 Å². The maximum Gasteiger partial charge on any atom is 0.0686 e. The lowest BCUT2D eigenvalue weighted by atomic mass is 10.1. The Morgan fingerprint density at radius 3 is 2.50 bits per heavy atom. The number of aliphatic hydroxyl groups excluding tert-OH is 1. The van der Waals surface area contributed by atoms with Crippen LogP contribution in [0.4, 0.5) is 5.69 Å². The number of nitrogens with zero attached hydrogens (tertiary/aromatic N) is 1. The highest BCUT2D eigenvalue weighted by Crippen LogP contribution is 2.19. The fourth-order valence-electron chi connectivity index (χ4n) is 2.02. The van der Waals surface area contributed by atoms with Gasteiger partial charge in [0.25, 0.3) is 0 Å². The third-order valence-electron chi connectivity index (χ3n) is 2.81. The van der Waals surface area contributed by atoms with Crippen LogP contribution in [0.5, 0.6) is 0 Å². The van der Waals surface area contributed by atoms with Crippen LogP contribution in [0.15, 0.2) is 24.3 Å². The van der Waals surface area contributed by atoms with Gasteiger partial charge in [0.2, 0.25) is 0 Å². The maximum absolute atomic E-state index is 9.47. The number of likely N-dealkylation sites (N-methyl/N-ethyl adjacent to an activating group) is 1. The lowest BCUT2D eigenvalue weighted by Gasteiger charge is -2.24. The molecule has 1 rings (SSSR count). The van der Waals surface area contributed by atoms with Gasteiger partial charge in [0, 0.05) is 25.8 Å². The van der Waals surface area contributed by atoms with Crippen molar-refractivity contribution < 1.29 is 5.11 Å². The zero-order chi connectivity index (χ0) is 13.5. The van der Waals surface area contributed by atoms with Crippen molar-refractivity contribution in [1.82, 2.24) is 5.32 Å². The number of rotatable bonds is 7. The maximum atomic E-state index is 9.47. The van der Waals surface area contributed by atoms with Gasteiger partial charge in [-0.3, -0.25) is 0 Å². The van der Waals surface area contributed by atoms with Crippen molar-refractivity contribution in [3.05, 3.63) is 29.8 Å². The minimum Gasteiger partial charge on any atom is -0.392 e. The van der Waals surface area contributed by atoms with Gasteiger partial charge in [-0.05, 0) is 31.0 Å². The number of para-hydroxylation sites is 1. The Balaban J connectivity index is 2.66. The number of aliphatic hydroxyl groups is 1. The first-order valence-corrected chi connectivity index (χ1v) is 6.68. The molecule has 1 aromatic carbocycles. The van der Waals surface area contributed by atoms with E-state index in [1.54, 1.807) is 0 Å². The van der Waals surface area contributed by atoms with Gasteiger partial charge in [-0.2, -0.15) is 0 Å². The Morgan fingerprint density at radius 2 is 1.89 bits per heavy atom. The van der Waals surface area contributed by atoms with Gasteiger partial charge in [-0.1, -0.05) is 32.0 Å². The molecule has 3 heteroatoms. The van der Waals surface area contributed by atoms with E-state index in [0.29, 0.717) is 12.5 Å². The van der Waals surface area contributed by atoms with Crippen LogP contribution in [0.2, 0.25) is 0 Å². The monoisotopic (exact) mass is 250 g/mol. The average molecular weight is 250 g/mol. The molecule has 1 atom stereocenters. The zero-order valence-corrected chi connectivity index (χ0v) is 12.0. The minimum atomic E-state index is -0.313. The van der Waals surface area contributed by atoms with Crippen molar-refractivity contribution in [1.29, 1.82) is 0 Å². The normalized spacial score (nSPS) is 12.8. The fraction of sp³-hybridized carbons (Fsp3) is 0.600. The molecule has 3 nitrogen and oxygen atoms in total. The molecule has 102 valence electrons. The standard InChI is InChI=1S/C15H26N2O/c1-12(2)9-16-10-14-7-5-6-8-15(14)17(4)11-13(3)18/h5-8,12-13,16,18H,9-11H2,1-4H3. The van der Waals surface area contributed by atoms with E-state index in [2.05, 4.69) is 42.3 Å². The summed E-state index contributed by atoms with van der Waals surface area (Å²) in [5.74, 6) is 0.660. The molecule has 1 unspecified atom stereocenters. The molecule has 18 heavy (non-hydrogen) atoms. The van der Waals surface area contributed by atoms with Crippen molar-refractivity contribution in [2.24, 2.45) is 5.92 Å². The summed E-state index contributed by atoms with van der Waals surface area (Å²) in [7, 11) is 2.02. The number of anilines is 1. The third kappa shape index (κ3) is 5.07. The smallest absolute Gasteiger partial charge is 0.0686 e. The van der Waals surface area contributed by atoms with Crippen LogP contribution in [0.25, 0.3) is 0 Å². The van der Waals surface area contributed by atoms with Crippen molar-refractivity contribution in [2.45, 2.75) is 33.4 Å². The topological polar surface area (TPSA) is 35.5 Å². The predicted octanol–water partition coefficient (Wildman–Crippen LogP) is 2.25. The SMILES string of the molecule is CC(C)CNCc1ccccc1N(C)CC(C)O. The van der Waals surface area contributed by atoms with Crippen molar-refractivity contribution in [3.8, 4) is 0 Å². The molecule has 0 bridgehead atoms. The molecule has 1 aromatic rings. The molecule has 0 radical (unpaired) electrons. The minimum absolute atomic E-state index is 0.313. The highest BCUT2D eigenvalue weighted by molar-refractivity contribution is 5.53. The summed E-state index contributed by atoms with van der Waals surface area (Å²) in [6.07, 6.45) is -0.313. The largest absolute Gasteiger partial charge is 0.392 e. The molecule has 0 aliphatic rings. The van der Waals surface area contributed by atoms with Crippen LogP contribution in [0.1, 0.15) is 26.3 Å². The van der Waals surface area contributed by atoms with E-state index in [1.807, 2.05) is 20.0 Å². The van der Waals surface area contributed by atoms with E-state index in [1.165, 1.54) is 11.3 Å². The highest BCUT2D eigenvalue weighted by Gasteiger charge is 2.08. The van der Waals surface area contributed by atoms with Crippen molar-refractivity contribution >= 4 is 5.69 Å². The van der Waals surface area contributed by atoms with Crippen molar-refractivity contribution in [3.63, 3.8) is 0 Å². The molecule has 2 N–H and O–H groups in total. The molecular formula is C15H26N2O. The molecule has 0 saturated carbocycles. The molecule has 0 aliphatic heterocycles. The van der Waals surface area contributed by atoms with E-state index in [4.69, 9.17) is 0 Å². The Hall–Kier alpha value is -1.06. The Kier molecular flexibility index (Phi) is 6.16. The lowest BCUT2D eigenvalue weighted by Crippen LogP contribution is -2.28. The summed E-state index contributed by atoms with van der Waals surface area (Å²) in [6.45, 7) is 8.78. The second kappa shape index (κ2) is 7.39. The number of hydrogen-bond donors (Lipinski definition) is 2. The van der Waals surface area contributed by atoms with Crippen LogP contribution in [-0.2, 0) is 6.54 Å². The summed E-state index contributed by atoms with van der Waals surface area (Å²) in [5.41, 5.74) is 2.47. The van der Waals surface area contributed by atoms with Gasteiger partial charge >= 0.3 is 0 Å². The van der Waals surface area contributed by atoms with Gasteiger partial charge in [0.15, 0.2) is 0 Å². The van der Waals surface area contributed by atoms with Crippen LogP contribution in [0, 0.1) is 5.92 Å². The third-order valence-corrected chi connectivity index (χ3v) is 2.81. The highest BCUT2D eigenvalue weighted by atomic mass is 16.3. The summed E-state index contributed by atoms with van der Waals surface area (Å²) in [4.78, 5) is 2.11. The van der Waals surface area contributed by atoms with Gasteiger partial charge in [0.1, 0.15) is 0 Å². The number of nitrogens with one attached hydrogen (secondary N) is 1. The predicted molar refractivity (Wildman–Crippen MR) is 77.9 cm³/mol. The van der Waals surface area contributed by atoms with Crippen LogP contribution in [0.3, 0.4) is 0 Å². The molecule has 0 fully saturated rings. The molecule has 0 heterocycles. The molecule has 0 saturated heterocycles.